The lowest BCUT2D eigenvalue weighted by Crippen LogP contribution is -2.23. The van der Waals surface area contributed by atoms with Crippen LogP contribution >= 0.6 is 0 Å². The number of carbonyl (C=O) groups excluding carboxylic acids is 1. The number of nitrogen functional groups attached to an aromatic ring is 1. The summed E-state index contributed by atoms with van der Waals surface area (Å²) in [6.07, 6.45) is 1.79. The van der Waals surface area contributed by atoms with E-state index in [9.17, 15) is 9.59 Å². The van der Waals surface area contributed by atoms with E-state index in [4.69, 9.17) is 10.2 Å². The van der Waals surface area contributed by atoms with E-state index in [2.05, 4.69) is 4.98 Å². The van der Waals surface area contributed by atoms with Crippen molar-refractivity contribution in [1.29, 1.82) is 0 Å². The van der Waals surface area contributed by atoms with E-state index in [-0.39, 0.29) is 5.58 Å². The highest BCUT2D eigenvalue weighted by Gasteiger charge is 2.19. The Morgan fingerprint density at radius 1 is 1.18 bits per heavy atom. The van der Waals surface area contributed by atoms with E-state index in [1.165, 1.54) is 0 Å². The number of aromatic amines is 1. The van der Waals surface area contributed by atoms with Crippen LogP contribution < -0.4 is 11.5 Å². The molecule has 4 rings (SSSR count). The number of H-pyrrole nitrogens is 1. The van der Waals surface area contributed by atoms with Crippen molar-refractivity contribution in [2.75, 3.05) is 5.73 Å². The van der Waals surface area contributed by atoms with Gasteiger partial charge in [-0.15, -0.1) is 0 Å². The van der Waals surface area contributed by atoms with E-state index in [0.29, 0.717) is 16.8 Å². The van der Waals surface area contributed by atoms with Crippen LogP contribution in [-0.2, 0) is 0 Å². The van der Waals surface area contributed by atoms with Gasteiger partial charge in [-0.25, -0.2) is 9.36 Å². The average Bonchev–Trinajstić information content (AvgIpc) is 3.10. The SMILES string of the molecule is Nc1cccc2c1oc(=O)n2C(=O)c1ccc2[nH]ccc2c1. The summed E-state index contributed by atoms with van der Waals surface area (Å²) in [5.41, 5.74) is 8.01. The van der Waals surface area contributed by atoms with Gasteiger partial charge in [-0.05, 0) is 36.4 Å². The molecule has 6 heteroatoms. The molecule has 6 nitrogen and oxygen atoms in total. The molecule has 0 amide bonds. The maximum atomic E-state index is 12.7. The molecule has 3 N–H and O–H groups in total. The van der Waals surface area contributed by atoms with Gasteiger partial charge in [-0.3, -0.25) is 4.79 Å². The van der Waals surface area contributed by atoms with Crippen LogP contribution in [0.5, 0.6) is 0 Å². The summed E-state index contributed by atoms with van der Waals surface area (Å²) < 4.78 is 6.10. The number of nitrogens with zero attached hydrogens (tertiary/aromatic N) is 1. The third kappa shape index (κ3) is 1.67. The number of oxazole rings is 1. The second-order valence-electron chi connectivity index (χ2n) is 4.98. The second-order valence-corrected chi connectivity index (χ2v) is 4.98. The maximum Gasteiger partial charge on any atom is 0.427 e. The number of rotatable bonds is 1. The van der Waals surface area contributed by atoms with E-state index in [0.717, 1.165) is 15.5 Å². The Kier molecular flexibility index (Phi) is 2.47. The lowest BCUT2D eigenvalue weighted by Gasteiger charge is -2.02. The molecule has 0 bridgehead atoms. The number of nitrogens with two attached hydrogens (primary N) is 1. The maximum absolute atomic E-state index is 12.7. The standard InChI is InChI=1S/C16H11N3O3/c17-11-2-1-3-13-14(11)22-16(21)19(13)15(20)10-4-5-12-9(8-10)6-7-18-12/h1-8,18H,17H2. The van der Waals surface area contributed by atoms with E-state index in [1.807, 2.05) is 6.07 Å². The van der Waals surface area contributed by atoms with Crippen LogP contribution in [0.25, 0.3) is 22.0 Å². The molecule has 0 unspecified atom stereocenters. The fourth-order valence-electron chi connectivity index (χ4n) is 2.57. The first-order valence-corrected chi connectivity index (χ1v) is 6.67. The summed E-state index contributed by atoms with van der Waals surface area (Å²) >= 11 is 0. The Balaban J connectivity index is 1.94. The van der Waals surface area contributed by atoms with Crippen LogP contribution in [-0.4, -0.2) is 15.5 Å². The van der Waals surface area contributed by atoms with Gasteiger partial charge in [0.25, 0.3) is 5.91 Å². The number of nitrogens with one attached hydrogen (secondary N) is 1. The highest BCUT2D eigenvalue weighted by Crippen LogP contribution is 2.21. The highest BCUT2D eigenvalue weighted by atomic mass is 16.4. The second kappa shape index (κ2) is 4.36. The number of carbonyl (C=O) groups is 1. The van der Waals surface area contributed by atoms with Gasteiger partial charge in [0, 0.05) is 22.7 Å². The lowest BCUT2D eigenvalue weighted by molar-refractivity contribution is 0.0956. The Hall–Kier alpha value is -3.28. The van der Waals surface area contributed by atoms with Crippen molar-refractivity contribution in [2.24, 2.45) is 0 Å². The topological polar surface area (TPSA) is 94.0 Å². The number of hydrogen-bond donors (Lipinski definition) is 2. The van der Waals surface area contributed by atoms with Gasteiger partial charge >= 0.3 is 5.76 Å². The van der Waals surface area contributed by atoms with Crippen molar-refractivity contribution in [3.8, 4) is 0 Å². The molecule has 2 aromatic heterocycles. The van der Waals surface area contributed by atoms with Crippen LogP contribution in [0.2, 0.25) is 0 Å². The predicted molar refractivity (Wildman–Crippen MR) is 82.9 cm³/mol. The van der Waals surface area contributed by atoms with E-state index in [1.54, 1.807) is 42.6 Å². The molecule has 2 aromatic carbocycles. The molecule has 2 heterocycles. The van der Waals surface area contributed by atoms with Crippen molar-refractivity contribution in [3.05, 3.63) is 64.8 Å². The zero-order chi connectivity index (χ0) is 15.3. The van der Waals surface area contributed by atoms with E-state index >= 15 is 0 Å². The van der Waals surface area contributed by atoms with Crippen LogP contribution in [0.1, 0.15) is 10.4 Å². The number of benzene rings is 2. The Morgan fingerprint density at radius 2 is 2.05 bits per heavy atom. The third-order valence-electron chi connectivity index (χ3n) is 3.64. The molecular weight excluding hydrogens is 282 g/mol. The Labute approximate surface area is 123 Å². The first-order chi connectivity index (χ1) is 10.6. The first-order valence-electron chi connectivity index (χ1n) is 6.67. The summed E-state index contributed by atoms with van der Waals surface area (Å²) in [6, 6.07) is 12.0. The summed E-state index contributed by atoms with van der Waals surface area (Å²) in [5, 5.41) is 0.895. The van der Waals surface area contributed by atoms with Gasteiger partial charge in [0.2, 0.25) is 0 Å². The van der Waals surface area contributed by atoms with Crippen molar-refractivity contribution >= 4 is 33.6 Å². The van der Waals surface area contributed by atoms with Crippen LogP contribution in [0.3, 0.4) is 0 Å². The first kappa shape index (κ1) is 12.5. The van der Waals surface area contributed by atoms with Gasteiger partial charge < -0.3 is 15.1 Å². The Bertz CT molecular complexity index is 1080. The van der Waals surface area contributed by atoms with Crippen molar-refractivity contribution in [2.45, 2.75) is 0 Å². The molecule has 0 atom stereocenters. The smallest absolute Gasteiger partial charge is 0.405 e. The fourth-order valence-corrected chi connectivity index (χ4v) is 2.57. The number of para-hydroxylation sites is 1. The molecule has 0 radical (unpaired) electrons. The summed E-state index contributed by atoms with van der Waals surface area (Å²) in [7, 11) is 0. The molecule has 0 fully saturated rings. The average molecular weight is 293 g/mol. The fraction of sp³-hybridized carbons (Fsp3) is 0. The zero-order valence-corrected chi connectivity index (χ0v) is 11.4. The largest absolute Gasteiger partial charge is 0.427 e. The molecule has 0 aliphatic carbocycles. The number of fused-ring (bicyclic) bond motifs is 2. The summed E-state index contributed by atoms with van der Waals surface area (Å²) in [5.74, 6) is -1.19. The van der Waals surface area contributed by atoms with Gasteiger partial charge in [0.05, 0.1) is 5.69 Å². The van der Waals surface area contributed by atoms with Gasteiger partial charge in [0.15, 0.2) is 5.58 Å². The van der Waals surface area contributed by atoms with Crippen molar-refractivity contribution in [1.82, 2.24) is 9.55 Å². The molecule has 108 valence electrons. The van der Waals surface area contributed by atoms with Crippen molar-refractivity contribution < 1.29 is 9.21 Å². The molecular formula is C16H11N3O3. The van der Waals surface area contributed by atoms with Crippen LogP contribution in [0.4, 0.5) is 5.69 Å². The summed E-state index contributed by atoms with van der Waals surface area (Å²) in [6.45, 7) is 0. The van der Waals surface area contributed by atoms with Gasteiger partial charge in [-0.1, -0.05) is 6.07 Å². The number of anilines is 1. The monoisotopic (exact) mass is 293 g/mol. The lowest BCUT2D eigenvalue weighted by atomic mass is 10.1. The predicted octanol–water partition coefficient (Wildman–Crippen LogP) is 2.35. The molecule has 0 saturated heterocycles. The summed E-state index contributed by atoms with van der Waals surface area (Å²) in [4.78, 5) is 27.8. The normalized spacial score (nSPS) is 11.3. The Morgan fingerprint density at radius 3 is 2.91 bits per heavy atom. The van der Waals surface area contributed by atoms with Crippen molar-refractivity contribution in [3.63, 3.8) is 0 Å². The van der Waals surface area contributed by atoms with Crippen LogP contribution in [0, 0.1) is 0 Å². The van der Waals surface area contributed by atoms with E-state index < -0.39 is 11.7 Å². The molecule has 22 heavy (non-hydrogen) atoms. The minimum Gasteiger partial charge on any atom is -0.405 e. The highest BCUT2D eigenvalue weighted by molar-refractivity contribution is 6.04. The minimum atomic E-state index is -0.743. The number of aromatic nitrogens is 2. The molecule has 0 spiro atoms. The zero-order valence-electron chi connectivity index (χ0n) is 11.4. The number of hydrogen-bond acceptors (Lipinski definition) is 4. The molecule has 0 aliphatic heterocycles. The quantitative estimate of drug-likeness (QED) is 0.527. The van der Waals surface area contributed by atoms with Gasteiger partial charge in [-0.2, -0.15) is 0 Å². The molecule has 4 aromatic rings. The molecule has 0 saturated carbocycles. The van der Waals surface area contributed by atoms with Crippen LogP contribution in [0.15, 0.2) is 57.9 Å². The molecule has 0 aliphatic rings. The third-order valence-corrected chi connectivity index (χ3v) is 3.64. The van der Waals surface area contributed by atoms with Gasteiger partial charge in [0.1, 0.15) is 5.52 Å². The minimum absolute atomic E-state index is 0.226.